The third kappa shape index (κ3) is 3.74. The van der Waals surface area contributed by atoms with Crippen LogP contribution < -0.4 is 20.3 Å². The van der Waals surface area contributed by atoms with Crippen molar-refractivity contribution in [2.45, 2.75) is 19.4 Å². The van der Waals surface area contributed by atoms with Gasteiger partial charge in [-0.05, 0) is 18.6 Å². The number of benzene rings is 2. The van der Waals surface area contributed by atoms with Gasteiger partial charge in [-0.25, -0.2) is 0 Å². The van der Waals surface area contributed by atoms with Crippen LogP contribution in [0.4, 0.5) is 5.69 Å². The topological polar surface area (TPSA) is 95.3 Å². The summed E-state index contributed by atoms with van der Waals surface area (Å²) in [6.07, 6.45) is 0.375. The van der Waals surface area contributed by atoms with E-state index in [1.54, 1.807) is 49.4 Å². The zero-order valence-corrected chi connectivity index (χ0v) is 15.3. The van der Waals surface area contributed by atoms with Crippen LogP contribution in [0.1, 0.15) is 19.4 Å². The Morgan fingerprint density at radius 2 is 1.81 bits per heavy atom. The lowest BCUT2D eigenvalue weighted by molar-refractivity contribution is -0.119. The molecule has 140 valence electrons. The smallest absolute Gasteiger partial charge is 0.278 e. The van der Waals surface area contributed by atoms with Gasteiger partial charge in [0.1, 0.15) is 23.1 Å². The fraction of sp³-hybridized carbons (Fsp3) is 0.263. The molecule has 1 heterocycles. The molecule has 0 radical (unpaired) electrons. The van der Waals surface area contributed by atoms with Gasteiger partial charge in [-0.3, -0.25) is 9.59 Å². The molecule has 8 nitrogen and oxygen atoms in total. The number of nitrogens with zero attached hydrogens (tertiary/aromatic N) is 3. The number of carbonyl (C=O) groups excluding carboxylic acids is 1. The fourth-order valence-corrected chi connectivity index (χ4v) is 2.78. The van der Waals surface area contributed by atoms with E-state index in [2.05, 4.69) is 15.6 Å². The minimum absolute atomic E-state index is 0.356. The molecule has 0 aliphatic rings. The maximum absolute atomic E-state index is 12.8. The first kappa shape index (κ1) is 18.4. The van der Waals surface area contributed by atoms with E-state index < -0.39 is 6.04 Å². The number of anilines is 1. The van der Waals surface area contributed by atoms with Crippen LogP contribution >= 0.6 is 0 Å². The summed E-state index contributed by atoms with van der Waals surface area (Å²) in [5.74, 6) is 0.709. The summed E-state index contributed by atoms with van der Waals surface area (Å²) in [5.41, 5.74) is 0.633. The van der Waals surface area contributed by atoms with E-state index in [4.69, 9.17) is 9.47 Å². The summed E-state index contributed by atoms with van der Waals surface area (Å²) in [6, 6.07) is 11.1. The molecule has 3 rings (SSSR count). The number of rotatable bonds is 6. The van der Waals surface area contributed by atoms with Crippen molar-refractivity contribution in [1.82, 2.24) is 15.0 Å². The predicted octanol–water partition coefficient (Wildman–Crippen LogP) is 2.40. The number of hydrogen-bond donors (Lipinski definition) is 1. The number of amides is 1. The third-order valence-corrected chi connectivity index (χ3v) is 4.19. The maximum Gasteiger partial charge on any atom is 0.278 e. The SMILES string of the molecule is CCC(C(=O)Nc1cc(OC)cc(OC)c1)n1nnc2ccccc2c1=O. The molecule has 0 aliphatic carbocycles. The lowest BCUT2D eigenvalue weighted by atomic mass is 10.2. The number of nitrogens with one attached hydrogen (secondary N) is 1. The Morgan fingerprint density at radius 3 is 2.44 bits per heavy atom. The van der Waals surface area contributed by atoms with Gasteiger partial charge in [0, 0.05) is 23.9 Å². The molecule has 0 saturated heterocycles. The van der Waals surface area contributed by atoms with Gasteiger partial charge in [-0.1, -0.05) is 24.3 Å². The van der Waals surface area contributed by atoms with Gasteiger partial charge in [0.25, 0.3) is 5.56 Å². The highest BCUT2D eigenvalue weighted by atomic mass is 16.5. The summed E-state index contributed by atoms with van der Waals surface area (Å²) in [5, 5.41) is 11.2. The molecule has 0 fully saturated rings. The third-order valence-electron chi connectivity index (χ3n) is 4.19. The van der Waals surface area contributed by atoms with Crippen molar-refractivity contribution in [2.75, 3.05) is 19.5 Å². The normalized spacial score (nSPS) is 11.8. The van der Waals surface area contributed by atoms with E-state index >= 15 is 0 Å². The Labute approximate surface area is 155 Å². The molecule has 1 amide bonds. The largest absolute Gasteiger partial charge is 0.497 e. The number of carbonyl (C=O) groups is 1. The first-order chi connectivity index (χ1) is 13.1. The number of methoxy groups -OCH3 is 2. The van der Waals surface area contributed by atoms with E-state index in [-0.39, 0.29) is 11.5 Å². The number of fused-ring (bicyclic) bond motifs is 1. The van der Waals surface area contributed by atoms with Crippen molar-refractivity contribution in [1.29, 1.82) is 0 Å². The first-order valence-corrected chi connectivity index (χ1v) is 8.45. The molecular weight excluding hydrogens is 348 g/mol. The summed E-state index contributed by atoms with van der Waals surface area (Å²) in [4.78, 5) is 25.5. The second-order valence-corrected chi connectivity index (χ2v) is 5.87. The van der Waals surface area contributed by atoms with Gasteiger partial charge >= 0.3 is 0 Å². The van der Waals surface area contributed by atoms with Crippen molar-refractivity contribution in [2.24, 2.45) is 0 Å². The van der Waals surface area contributed by atoms with E-state index in [0.717, 1.165) is 4.68 Å². The zero-order valence-electron chi connectivity index (χ0n) is 15.3. The van der Waals surface area contributed by atoms with Gasteiger partial charge in [0.2, 0.25) is 5.91 Å². The highest BCUT2D eigenvalue weighted by Crippen LogP contribution is 2.26. The minimum atomic E-state index is -0.799. The molecule has 1 unspecified atom stereocenters. The van der Waals surface area contributed by atoms with Gasteiger partial charge in [-0.15, -0.1) is 5.10 Å². The van der Waals surface area contributed by atoms with Crippen molar-refractivity contribution < 1.29 is 14.3 Å². The van der Waals surface area contributed by atoms with Crippen molar-refractivity contribution in [3.05, 3.63) is 52.8 Å². The Bertz CT molecular complexity index is 1010. The molecule has 0 bridgehead atoms. The summed E-state index contributed by atoms with van der Waals surface area (Å²) >= 11 is 0. The Balaban J connectivity index is 1.93. The summed E-state index contributed by atoms with van der Waals surface area (Å²) in [7, 11) is 3.05. The number of aromatic nitrogens is 3. The van der Waals surface area contributed by atoms with Crippen molar-refractivity contribution >= 4 is 22.5 Å². The molecular formula is C19H20N4O4. The second-order valence-electron chi connectivity index (χ2n) is 5.87. The van der Waals surface area contributed by atoms with Crippen LogP contribution in [-0.4, -0.2) is 35.1 Å². The van der Waals surface area contributed by atoms with Gasteiger partial charge < -0.3 is 14.8 Å². The van der Waals surface area contributed by atoms with E-state index in [0.29, 0.717) is 34.5 Å². The van der Waals surface area contributed by atoms with Gasteiger partial charge in [-0.2, -0.15) is 4.68 Å². The number of hydrogen-bond acceptors (Lipinski definition) is 6. The standard InChI is InChI=1S/C19H20N4O4/c1-4-17(23-19(25)15-7-5-6-8-16(15)21-22-23)18(24)20-12-9-13(26-2)11-14(10-12)27-3/h5-11,17H,4H2,1-3H3,(H,20,24). The summed E-state index contributed by atoms with van der Waals surface area (Å²) < 4.78 is 11.5. The van der Waals surface area contributed by atoms with Crippen LogP contribution in [0.5, 0.6) is 11.5 Å². The molecule has 1 atom stereocenters. The quantitative estimate of drug-likeness (QED) is 0.718. The first-order valence-electron chi connectivity index (χ1n) is 8.45. The van der Waals surface area contributed by atoms with Crippen LogP contribution in [0.3, 0.4) is 0 Å². The Kier molecular flexibility index (Phi) is 5.35. The molecule has 1 aromatic heterocycles. The molecule has 1 N–H and O–H groups in total. The Hall–Kier alpha value is -3.42. The molecule has 0 saturated carbocycles. The van der Waals surface area contributed by atoms with Crippen LogP contribution in [0.15, 0.2) is 47.3 Å². The average molecular weight is 368 g/mol. The van der Waals surface area contributed by atoms with Crippen LogP contribution in [0, 0.1) is 0 Å². The van der Waals surface area contributed by atoms with E-state index in [1.165, 1.54) is 14.2 Å². The van der Waals surface area contributed by atoms with Gasteiger partial charge in [0.15, 0.2) is 0 Å². The van der Waals surface area contributed by atoms with Crippen molar-refractivity contribution in [3.63, 3.8) is 0 Å². The van der Waals surface area contributed by atoms with Crippen LogP contribution in [-0.2, 0) is 4.79 Å². The van der Waals surface area contributed by atoms with E-state index in [1.807, 2.05) is 0 Å². The summed E-state index contributed by atoms with van der Waals surface area (Å²) in [6.45, 7) is 1.81. The zero-order chi connectivity index (χ0) is 19.4. The highest BCUT2D eigenvalue weighted by molar-refractivity contribution is 5.94. The van der Waals surface area contributed by atoms with Crippen molar-refractivity contribution in [3.8, 4) is 11.5 Å². The Morgan fingerprint density at radius 1 is 1.15 bits per heavy atom. The van der Waals surface area contributed by atoms with Crippen LogP contribution in [0.2, 0.25) is 0 Å². The lowest BCUT2D eigenvalue weighted by Crippen LogP contribution is -2.35. The monoisotopic (exact) mass is 368 g/mol. The van der Waals surface area contributed by atoms with Crippen LogP contribution in [0.25, 0.3) is 10.9 Å². The molecule has 8 heteroatoms. The molecule has 0 spiro atoms. The second kappa shape index (κ2) is 7.86. The van der Waals surface area contributed by atoms with Gasteiger partial charge in [0.05, 0.1) is 19.6 Å². The molecule has 2 aromatic carbocycles. The maximum atomic E-state index is 12.8. The fourth-order valence-electron chi connectivity index (χ4n) is 2.78. The molecule has 3 aromatic rings. The number of ether oxygens (including phenoxy) is 2. The molecule has 27 heavy (non-hydrogen) atoms. The lowest BCUT2D eigenvalue weighted by Gasteiger charge is -2.17. The molecule has 0 aliphatic heterocycles. The average Bonchev–Trinajstić information content (AvgIpc) is 2.70. The van der Waals surface area contributed by atoms with E-state index in [9.17, 15) is 9.59 Å². The highest BCUT2D eigenvalue weighted by Gasteiger charge is 2.22. The predicted molar refractivity (Wildman–Crippen MR) is 101 cm³/mol. The minimum Gasteiger partial charge on any atom is -0.497 e.